The van der Waals surface area contributed by atoms with Crippen molar-refractivity contribution in [3.05, 3.63) is 77.0 Å². The number of likely N-dealkylation sites (tertiary alicyclic amines) is 1. The van der Waals surface area contributed by atoms with Crippen molar-refractivity contribution < 1.29 is 13.9 Å². The first-order valence-corrected chi connectivity index (χ1v) is 11.2. The summed E-state index contributed by atoms with van der Waals surface area (Å²) >= 11 is 0. The van der Waals surface area contributed by atoms with Crippen molar-refractivity contribution in [3.63, 3.8) is 0 Å². The number of aryl methyl sites for hydroxylation is 2. The van der Waals surface area contributed by atoms with Crippen LogP contribution >= 0.6 is 0 Å². The molecule has 7 nitrogen and oxygen atoms in total. The maximum absolute atomic E-state index is 12.8. The minimum absolute atomic E-state index is 0.118. The van der Waals surface area contributed by atoms with E-state index in [1.807, 2.05) is 17.8 Å². The first-order chi connectivity index (χ1) is 15.5. The van der Waals surface area contributed by atoms with Crippen LogP contribution in [-0.4, -0.2) is 46.9 Å². The lowest BCUT2D eigenvalue weighted by Gasteiger charge is -2.44. The number of nitrogens with one attached hydrogen (secondary N) is 1. The molecule has 1 fully saturated rings. The number of carbonyl (C=O) groups excluding carboxylic acids is 1. The van der Waals surface area contributed by atoms with Crippen LogP contribution < -0.4 is 5.32 Å². The number of amides is 1. The summed E-state index contributed by atoms with van der Waals surface area (Å²) in [6.45, 7) is 4.93. The quantitative estimate of drug-likeness (QED) is 0.667. The highest BCUT2D eigenvalue weighted by atomic mass is 16.5. The molecule has 0 bridgehead atoms. The van der Waals surface area contributed by atoms with Crippen LogP contribution in [0.25, 0.3) is 0 Å². The van der Waals surface area contributed by atoms with E-state index in [0.717, 1.165) is 43.7 Å². The third-order valence-electron chi connectivity index (χ3n) is 7.22. The molecule has 2 atom stereocenters. The standard InChI is InChI=1S/C25H30N4O3/c1-17-18(15-28(2)27-17)16-29-12-10-25(11-13-29)20-8-5-4-7-19(20)22(23(25)31-3)26-24(30)21-9-6-14-32-21/h4-9,14-15,22-23H,10-13,16H2,1-3H3,(H,26,30)/t22-,23+/m1/s1. The molecule has 2 aliphatic rings. The number of hydrogen-bond acceptors (Lipinski definition) is 5. The van der Waals surface area contributed by atoms with Crippen LogP contribution in [-0.2, 0) is 23.7 Å². The number of hydrogen-bond donors (Lipinski definition) is 1. The Morgan fingerprint density at radius 1 is 1.25 bits per heavy atom. The van der Waals surface area contributed by atoms with Crippen LogP contribution in [0.3, 0.4) is 0 Å². The smallest absolute Gasteiger partial charge is 0.287 e. The molecular weight excluding hydrogens is 404 g/mol. The molecule has 1 aliphatic heterocycles. The summed E-state index contributed by atoms with van der Waals surface area (Å²) in [6.07, 6.45) is 5.47. The molecule has 3 heterocycles. The molecule has 2 aromatic heterocycles. The number of furan rings is 1. The second-order valence-corrected chi connectivity index (χ2v) is 9.02. The van der Waals surface area contributed by atoms with E-state index in [2.05, 4.69) is 46.6 Å². The molecule has 1 saturated heterocycles. The van der Waals surface area contributed by atoms with E-state index in [1.54, 1.807) is 19.2 Å². The molecule has 32 heavy (non-hydrogen) atoms. The molecule has 1 spiro atoms. The van der Waals surface area contributed by atoms with E-state index in [1.165, 1.54) is 17.4 Å². The molecule has 0 saturated carbocycles. The molecule has 3 aromatic rings. The van der Waals surface area contributed by atoms with Crippen molar-refractivity contribution in [2.45, 2.75) is 43.9 Å². The Kier molecular flexibility index (Phi) is 5.39. The van der Waals surface area contributed by atoms with Gasteiger partial charge in [0.25, 0.3) is 5.91 Å². The summed E-state index contributed by atoms with van der Waals surface area (Å²) in [5.74, 6) is 0.110. The van der Waals surface area contributed by atoms with Gasteiger partial charge in [0.2, 0.25) is 0 Å². The van der Waals surface area contributed by atoms with Crippen molar-refractivity contribution in [2.75, 3.05) is 20.2 Å². The van der Waals surface area contributed by atoms with Gasteiger partial charge in [-0.15, -0.1) is 0 Å². The summed E-state index contributed by atoms with van der Waals surface area (Å²) < 4.78 is 13.3. The fourth-order valence-corrected chi connectivity index (χ4v) is 5.70. The average molecular weight is 435 g/mol. The van der Waals surface area contributed by atoms with Gasteiger partial charge in [-0.05, 0) is 56.1 Å². The van der Waals surface area contributed by atoms with Gasteiger partial charge < -0.3 is 14.5 Å². The van der Waals surface area contributed by atoms with Gasteiger partial charge in [-0.3, -0.25) is 14.4 Å². The molecule has 1 aliphatic carbocycles. The van der Waals surface area contributed by atoms with Crippen molar-refractivity contribution in [3.8, 4) is 0 Å². The first-order valence-electron chi connectivity index (χ1n) is 11.2. The van der Waals surface area contributed by atoms with Gasteiger partial charge in [0.05, 0.1) is 24.1 Å². The Hall–Kier alpha value is -2.90. The number of methoxy groups -OCH3 is 1. The molecule has 168 valence electrons. The summed E-state index contributed by atoms with van der Waals surface area (Å²) in [7, 11) is 3.73. The Morgan fingerprint density at radius 3 is 2.69 bits per heavy atom. The Morgan fingerprint density at radius 2 is 2.03 bits per heavy atom. The normalized spacial score (nSPS) is 22.2. The van der Waals surface area contributed by atoms with Crippen molar-refractivity contribution in [1.29, 1.82) is 0 Å². The number of carbonyl (C=O) groups is 1. The van der Waals surface area contributed by atoms with Crippen molar-refractivity contribution in [1.82, 2.24) is 20.0 Å². The zero-order valence-electron chi connectivity index (χ0n) is 18.9. The van der Waals surface area contributed by atoms with E-state index in [4.69, 9.17) is 9.15 Å². The Bertz CT molecular complexity index is 1100. The van der Waals surface area contributed by atoms with E-state index >= 15 is 0 Å². The second-order valence-electron chi connectivity index (χ2n) is 9.02. The summed E-state index contributed by atoms with van der Waals surface area (Å²) in [5, 5.41) is 7.67. The van der Waals surface area contributed by atoms with Gasteiger partial charge in [0, 0.05) is 37.9 Å². The number of nitrogens with zero attached hydrogens (tertiary/aromatic N) is 3. The lowest BCUT2D eigenvalue weighted by molar-refractivity contribution is -0.0124. The summed E-state index contributed by atoms with van der Waals surface area (Å²) in [6, 6.07) is 11.7. The molecule has 0 radical (unpaired) electrons. The predicted octanol–water partition coefficient (Wildman–Crippen LogP) is 3.36. The molecule has 1 aromatic carbocycles. The molecular formula is C25H30N4O3. The van der Waals surface area contributed by atoms with Crippen LogP contribution in [0, 0.1) is 6.92 Å². The third-order valence-corrected chi connectivity index (χ3v) is 7.22. The molecule has 1 N–H and O–H groups in total. The van der Waals surface area contributed by atoms with Crippen molar-refractivity contribution >= 4 is 5.91 Å². The van der Waals surface area contributed by atoms with Gasteiger partial charge in [-0.25, -0.2) is 0 Å². The topological polar surface area (TPSA) is 72.5 Å². The molecule has 1 amide bonds. The highest BCUT2D eigenvalue weighted by Crippen LogP contribution is 2.52. The van der Waals surface area contributed by atoms with Crippen LogP contribution in [0.5, 0.6) is 0 Å². The van der Waals surface area contributed by atoms with Gasteiger partial charge >= 0.3 is 0 Å². The molecule has 7 heteroatoms. The summed E-state index contributed by atoms with van der Waals surface area (Å²) in [4.78, 5) is 15.3. The predicted molar refractivity (Wildman–Crippen MR) is 120 cm³/mol. The van der Waals surface area contributed by atoms with Crippen LogP contribution in [0.15, 0.2) is 53.3 Å². The van der Waals surface area contributed by atoms with Crippen LogP contribution in [0.1, 0.15) is 51.8 Å². The minimum atomic E-state index is -0.210. The largest absolute Gasteiger partial charge is 0.459 e. The fraction of sp³-hybridized carbons (Fsp3) is 0.440. The van der Waals surface area contributed by atoms with Gasteiger partial charge in [0.15, 0.2) is 5.76 Å². The van der Waals surface area contributed by atoms with Gasteiger partial charge in [0.1, 0.15) is 0 Å². The lowest BCUT2D eigenvalue weighted by Crippen LogP contribution is -2.50. The highest BCUT2D eigenvalue weighted by molar-refractivity contribution is 5.91. The number of ether oxygens (including phenoxy) is 1. The summed E-state index contributed by atoms with van der Waals surface area (Å²) in [5.41, 5.74) is 4.70. The van der Waals surface area contributed by atoms with E-state index in [-0.39, 0.29) is 23.5 Å². The number of piperidine rings is 1. The monoisotopic (exact) mass is 434 g/mol. The maximum atomic E-state index is 12.8. The SMILES string of the molecule is CO[C@H]1[C@H](NC(=O)c2ccco2)c2ccccc2C12CCN(Cc1cn(C)nc1C)CC2. The highest BCUT2D eigenvalue weighted by Gasteiger charge is 2.54. The molecule has 5 rings (SSSR count). The number of rotatable bonds is 5. The number of benzene rings is 1. The first kappa shape index (κ1) is 21.0. The van der Waals surface area contributed by atoms with Gasteiger partial charge in [-0.1, -0.05) is 24.3 Å². The average Bonchev–Trinajstić information content (AvgIpc) is 3.49. The van der Waals surface area contributed by atoms with E-state index < -0.39 is 0 Å². The maximum Gasteiger partial charge on any atom is 0.287 e. The number of fused-ring (bicyclic) bond motifs is 2. The van der Waals surface area contributed by atoms with E-state index in [9.17, 15) is 4.79 Å². The lowest BCUT2D eigenvalue weighted by atomic mass is 9.72. The van der Waals surface area contributed by atoms with Crippen LogP contribution in [0.2, 0.25) is 0 Å². The fourth-order valence-electron chi connectivity index (χ4n) is 5.70. The van der Waals surface area contributed by atoms with Gasteiger partial charge in [-0.2, -0.15) is 5.10 Å². The number of aromatic nitrogens is 2. The van der Waals surface area contributed by atoms with Crippen LogP contribution in [0.4, 0.5) is 0 Å². The minimum Gasteiger partial charge on any atom is -0.459 e. The Balaban J connectivity index is 1.39. The van der Waals surface area contributed by atoms with E-state index in [0.29, 0.717) is 5.76 Å². The third kappa shape index (κ3) is 3.45. The van der Waals surface area contributed by atoms with Crippen molar-refractivity contribution in [2.24, 2.45) is 7.05 Å². The Labute approximate surface area is 188 Å². The zero-order valence-corrected chi connectivity index (χ0v) is 18.9. The zero-order chi connectivity index (χ0) is 22.3. The second kappa shape index (κ2) is 8.22. The molecule has 0 unspecified atom stereocenters.